The van der Waals surface area contributed by atoms with Crippen molar-refractivity contribution in [3.05, 3.63) is 0 Å². The van der Waals surface area contributed by atoms with Gasteiger partial charge in [-0.15, -0.1) is 0 Å². The van der Waals surface area contributed by atoms with Gasteiger partial charge in [-0.05, 0) is 6.42 Å². The van der Waals surface area contributed by atoms with E-state index in [0.717, 1.165) is 0 Å². The lowest BCUT2D eigenvalue weighted by Gasteiger charge is -2.35. The maximum Gasteiger partial charge on any atom is 0.346 e. The molecule has 0 aliphatic carbocycles. The molecule has 0 amide bonds. The third-order valence-electron chi connectivity index (χ3n) is 2.02. The van der Waals surface area contributed by atoms with Crippen molar-refractivity contribution in [1.82, 2.24) is 0 Å². The number of cyclic esters (lactones) is 1. The van der Waals surface area contributed by atoms with Gasteiger partial charge < -0.3 is 15.6 Å². The molecule has 1 heterocycles. The van der Waals surface area contributed by atoms with Crippen molar-refractivity contribution in [2.24, 2.45) is 11.7 Å². The van der Waals surface area contributed by atoms with E-state index in [2.05, 4.69) is 4.74 Å². The molecule has 0 saturated carbocycles. The minimum Gasteiger partial charge on any atom is -0.478 e. The van der Waals surface area contributed by atoms with Gasteiger partial charge >= 0.3 is 11.9 Å². The molecule has 0 unspecified atom stereocenters. The molecule has 5 heteroatoms. The summed E-state index contributed by atoms with van der Waals surface area (Å²) in [6.45, 7) is 1.80. The molecule has 0 aromatic heterocycles. The zero-order chi connectivity index (χ0) is 9.30. The largest absolute Gasteiger partial charge is 0.478 e. The molecular formula is C7H11NO4. The topological polar surface area (TPSA) is 89.6 Å². The summed E-state index contributed by atoms with van der Waals surface area (Å²) in [4.78, 5) is 21.2. The van der Waals surface area contributed by atoms with E-state index in [0.29, 0.717) is 6.42 Å². The zero-order valence-electron chi connectivity index (χ0n) is 6.69. The van der Waals surface area contributed by atoms with Crippen LogP contribution >= 0.6 is 0 Å². The fraction of sp³-hybridized carbons (Fsp3) is 0.714. The fourth-order valence-electron chi connectivity index (χ4n) is 1.19. The van der Waals surface area contributed by atoms with E-state index in [1.54, 1.807) is 6.92 Å². The molecule has 1 fully saturated rings. The lowest BCUT2D eigenvalue weighted by atomic mass is 9.88. The van der Waals surface area contributed by atoms with E-state index < -0.39 is 30.0 Å². The Hall–Kier alpha value is -1.10. The maximum absolute atomic E-state index is 10.8. The Morgan fingerprint density at radius 2 is 2.42 bits per heavy atom. The van der Waals surface area contributed by atoms with Gasteiger partial charge in [-0.2, -0.15) is 0 Å². The first-order valence-corrected chi connectivity index (χ1v) is 3.76. The molecule has 0 radical (unpaired) electrons. The second kappa shape index (κ2) is 3.10. The maximum atomic E-state index is 10.8. The monoisotopic (exact) mass is 173 g/mol. The van der Waals surface area contributed by atoms with Gasteiger partial charge in [-0.25, -0.2) is 4.79 Å². The number of hydrogen-bond acceptors (Lipinski definition) is 4. The summed E-state index contributed by atoms with van der Waals surface area (Å²) < 4.78 is 4.42. The highest BCUT2D eigenvalue weighted by Crippen LogP contribution is 2.26. The molecule has 3 N–H and O–H groups in total. The first-order valence-electron chi connectivity index (χ1n) is 3.76. The third-order valence-corrected chi connectivity index (χ3v) is 2.02. The summed E-state index contributed by atoms with van der Waals surface area (Å²) in [7, 11) is 0. The number of esters is 1. The summed E-state index contributed by atoms with van der Waals surface area (Å²) in [6.07, 6.45) is -0.462. The highest BCUT2D eigenvalue weighted by molar-refractivity contribution is 5.91. The van der Waals surface area contributed by atoms with Crippen LogP contribution in [0.3, 0.4) is 0 Å². The van der Waals surface area contributed by atoms with E-state index in [1.165, 1.54) is 0 Å². The van der Waals surface area contributed by atoms with Gasteiger partial charge in [0.2, 0.25) is 6.10 Å². The predicted octanol–water partition coefficient (Wildman–Crippen LogP) is -0.650. The molecule has 1 rings (SSSR count). The number of rotatable bonds is 3. The highest BCUT2D eigenvalue weighted by Gasteiger charge is 2.50. The smallest absolute Gasteiger partial charge is 0.346 e. The summed E-state index contributed by atoms with van der Waals surface area (Å²) in [5.74, 6) is -2.28. The Bertz CT molecular complexity index is 215. The molecule has 1 aliphatic heterocycles. The van der Waals surface area contributed by atoms with E-state index in [9.17, 15) is 9.59 Å². The van der Waals surface area contributed by atoms with Gasteiger partial charge in [-0.3, -0.25) is 4.79 Å². The summed E-state index contributed by atoms with van der Waals surface area (Å²) in [5.41, 5.74) is 5.53. The minimum atomic E-state index is -1.12. The van der Waals surface area contributed by atoms with Crippen molar-refractivity contribution < 1.29 is 19.4 Å². The average molecular weight is 173 g/mol. The van der Waals surface area contributed by atoms with Crippen LogP contribution in [0.5, 0.6) is 0 Å². The Kier molecular flexibility index (Phi) is 2.32. The number of hydrogen-bond donors (Lipinski definition) is 2. The van der Waals surface area contributed by atoms with Gasteiger partial charge in [0.15, 0.2) is 0 Å². The van der Waals surface area contributed by atoms with E-state index in [-0.39, 0.29) is 0 Å². The van der Waals surface area contributed by atoms with E-state index >= 15 is 0 Å². The SMILES string of the molecule is CC[C@H](N)[C@H]1C(=O)O[C@@H]1C(=O)O. The quantitative estimate of drug-likeness (QED) is 0.553. The number of aliphatic carboxylic acids is 1. The molecule has 3 atom stereocenters. The lowest BCUT2D eigenvalue weighted by molar-refractivity contribution is -0.197. The number of carbonyl (C=O) groups is 2. The molecule has 0 bridgehead atoms. The van der Waals surface area contributed by atoms with Crippen LogP contribution in [0.2, 0.25) is 0 Å². The summed E-state index contributed by atoms with van der Waals surface area (Å²) >= 11 is 0. The van der Waals surface area contributed by atoms with Gasteiger partial charge in [-0.1, -0.05) is 6.92 Å². The molecule has 1 aliphatic rings. The molecule has 68 valence electrons. The molecule has 5 nitrogen and oxygen atoms in total. The third kappa shape index (κ3) is 1.27. The lowest BCUT2D eigenvalue weighted by Crippen LogP contribution is -2.57. The van der Waals surface area contributed by atoms with Crippen molar-refractivity contribution in [3.8, 4) is 0 Å². The molecule has 0 aromatic carbocycles. The van der Waals surface area contributed by atoms with Crippen LogP contribution in [-0.4, -0.2) is 29.2 Å². The molecular weight excluding hydrogens is 162 g/mol. The van der Waals surface area contributed by atoms with Crippen LogP contribution in [0.15, 0.2) is 0 Å². The summed E-state index contributed by atoms with van der Waals surface area (Å²) in [6, 6.07) is -0.410. The number of ether oxygens (including phenoxy) is 1. The van der Waals surface area contributed by atoms with Gasteiger partial charge in [0, 0.05) is 6.04 Å². The van der Waals surface area contributed by atoms with Crippen LogP contribution in [0, 0.1) is 5.92 Å². The molecule has 12 heavy (non-hydrogen) atoms. The van der Waals surface area contributed by atoms with Crippen molar-refractivity contribution >= 4 is 11.9 Å². The second-order valence-corrected chi connectivity index (χ2v) is 2.79. The first-order chi connectivity index (χ1) is 5.57. The predicted molar refractivity (Wildman–Crippen MR) is 39.3 cm³/mol. The van der Waals surface area contributed by atoms with Crippen LogP contribution in [-0.2, 0) is 14.3 Å². The highest BCUT2D eigenvalue weighted by atomic mass is 16.6. The standard InChI is InChI=1S/C7H11NO4/c1-2-3(8)4-5(6(9)10)12-7(4)11/h3-5H,2,8H2,1H3,(H,9,10)/t3-,4+,5-/m0/s1. The van der Waals surface area contributed by atoms with Crippen molar-refractivity contribution in [2.45, 2.75) is 25.5 Å². The van der Waals surface area contributed by atoms with Gasteiger partial charge in [0.05, 0.1) is 0 Å². The number of carboxylic acid groups (broad SMARTS) is 1. The second-order valence-electron chi connectivity index (χ2n) is 2.79. The zero-order valence-corrected chi connectivity index (χ0v) is 6.69. The van der Waals surface area contributed by atoms with Crippen LogP contribution < -0.4 is 5.73 Å². The van der Waals surface area contributed by atoms with Crippen LogP contribution in [0.4, 0.5) is 0 Å². The van der Waals surface area contributed by atoms with Crippen LogP contribution in [0.25, 0.3) is 0 Å². The molecule has 0 spiro atoms. The van der Waals surface area contributed by atoms with Crippen molar-refractivity contribution in [2.75, 3.05) is 0 Å². The fourth-order valence-corrected chi connectivity index (χ4v) is 1.19. The van der Waals surface area contributed by atoms with Crippen molar-refractivity contribution in [3.63, 3.8) is 0 Å². The Balaban J connectivity index is 2.61. The average Bonchev–Trinajstić information content (AvgIpc) is 1.99. The van der Waals surface area contributed by atoms with E-state index in [1.807, 2.05) is 0 Å². The number of carbonyl (C=O) groups excluding carboxylic acids is 1. The number of nitrogens with two attached hydrogens (primary N) is 1. The normalized spacial score (nSPS) is 30.3. The Morgan fingerprint density at radius 1 is 1.83 bits per heavy atom. The van der Waals surface area contributed by atoms with Gasteiger partial charge in [0.1, 0.15) is 5.92 Å². The van der Waals surface area contributed by atoms with Crippen LogP contribution in [0.1, 0.15) is 13.3 Å². The Labute approximate surface area is 69.5 Å². The van der Waals surface area contributed by atoms with E-state index in [4.69, 9.17) is 10.8 Å². The van der Waals surface area contributed by atoms with Crippen molar-refractivity contribution in [1.29, 1.82) is 0 Å². The first kappa shape index (κ1) is 8.99. The molecule has 1 saturated heterocycles. The number of carboxylic acids is 1. The Morgan fingerprint density at radius 3 is 2.75 bits per heavy atom. The van der Waals surface area contributed by atoms with Gasteiger partial charge in [0.25, 0.3) is 0 Å². The minimum absolute atomic E-state index is 0.410. The summed E-state index contributed by atoms with van der Waals surface area (Å²) in [5, 5.41) is 8.53. The molecule has 0 aromatic rings.